The van der Waals surface area contributed by atoms with E-state index in [1.807, 2.05) is 0 Å². The second-order valence-electron chi connectivity index (χ2n) is 9.10. The average Bonchev–Trinajstić information content (AvgIpc) is 3.14. The van der Waals surface area contributed by atoms with Crippen LogP contribution >= 0.6 is 0 Å². The van der Waals surface area contributed by atoms with E-state index in [-0.39, 0.29) is 5.41 Å². The number of hydrogen-bond donors (Lipinski definition) is 0. The molecule has 154 valence electrons. The molecule has 0 saturated carbocycles. The van der Waals surface area contributed by atoms with Gasteiger partial charge in [-0.3, -0.25) is 0 Å². The summed E-state index contributed by atoms with van der Waals surface area (Å²) in [6, 6.07) is 22.3. The van der Waals surface area contributed by atoms with Crippen molar-refractivity contribution in [3.05, 3.63) is 77.4 Å². The van der Waals surface area contributed by atoms with Crippen molar-refractivity contribution in [2.45, 2.75) is 58.4 Å². The van der Waals surface area contributed by atoms with Gasteiger partial charge >= 0.3 is 0 Å². The molecule has 0 bridgehead atoms. The number of nitrogens with zero attached hydrogens (tertiary/aromatic N) is 1. The van der Waals surface area contributed by atoms with Crippen LogP contribution in [0.2, 0.25) is 0 Å². The molecule has 1 unspecified atom stereocenters. The monoisotopic (exact) mass is 397 g/mol. The zero-order chi connectivity index (χ0) is 20.9. The van der Waals surface area contributed by atoms with Crippen LogP contribution in [0.1, 0.15) is 50.3 Å². The molecule has 2 heteroatoms. The van der Waals surface area contributed by atoms with Crippen molar-refractivity contribution in [1.29, 1.82) is 0 Å². The Kier molecular flexibility index (Phi) is 4.61. The molecule has 0 fully saturated rings. The van der Waals surface area contributed by atoms with Crippen LogP contribution in [0.5, 0.6) is 0 Å². The predicted octanol–water partition coefficient (Wildman–Crippen LogP) is 7.40. The molecule has 0 saturated heterocycles. The van der Waals surface area contributed by atoms with E-state index in [0.717, 1.165) is 17.7 Å². The van der Waals surface area contributed by atoms with Gasteiger partial charge in [-0.1, -0.05) is 61.5 Å². The third-order valence-corrected chi connectivity index (χ3v) is 7.51. The molecular formula is C28H31NO. The Bertz CT molecular complexity index is 1220. The first-order valence-corrected chi connectivity index (χ1v) is 11.3. The lowest BCUT2D eigenvalue weighted by Crippen LogP contribution is -2.49. The van der Waals surface area contributed by atoms with Crippen LogP contribution in [-0.2, 0) is 11.8 Å². The lowest BCUT2D eigenvalue weighted by molar-refractivity contribution is 0.323. The van der Waals surface area contributed by atoms with E-state index in [1.165, 1.54) is 52.4 Å². The van der Waals surface area contributed by atoms with Crippen molar-refractivity contribution in [3.8, 4) is 0 Å². The van der Waals surface area contributed by atoms with Gasteiger partial charge < -0.3 is 9.32 Å². The second-order valence-corrected chi connectivity index (χ2v) is 9.10. The van der Waals surface area contributed by atoms with Crippen molar-refractivity contribution < 1.29 is 4.42 Å². The van der Waals surface area contributed by atoms with E-state index in [1.54, 1.807) is 0 Å². The molecule has 2 atom stereocenters. The summed E-state index contributed by atoms with van der Waals surface area (Å²) in [6.45, 7) is 10.3. The van der Waals surface area contributed by atoms with E-state index in [9.17, 15) is 0 Å². The lowest BCUT2D eigenvalue weighted by atomic mass is 9.67. The van der Waals surface area contributed by atoms with Gasteiger partial charge in [-0.15, -0.1) is 0 Å². The molecule has 30 heavy (non-hydrogen) atoms. The molecule has 0 radical (unpaired) electrons. The highest BCUT2D eigenvalue weighted by Crippen LogP contribution is 2.45. The quantitative estimate of drug-likeness (QED) is 0.356. The van der Waals surface area contributed by atoms with Gasteiger partial charge in [0.1, 0.15) is 5.58 Å². The van der Waals surface area contributed by atoms with Gasteiger partial charge in [0.05, 0.1) is 5.69 Å². The Hall–Kier alpha value is -2.74. The number of benzene rings is 3. The van der Waals surface area contributed by atoms with Crippen molar-refractivity contribution in [2.75, 3.05) is 11.4 Å². The molecule has 0 amide bonds. The number of rotatable bonds is 4. The second kappa shape index (κ2) is 7.19. The summed E-state index contributed by atoms with van der Waals surface area (Å²) in [6.07, 6.45) is 3.67. The number of likely N-dealkylation sites (N-methyl/N-ethyl adjacent to an activating group) is 1. The molecule has 1 aromatic heterocycles. The van der Waals surface area contributed by atoms with E-state index >= 15 is 0 Å². The van der Waals surface area contributed by atoms with Crippen molar-refractivity contribution in [1.82, 2.24) is 0 Å². The maximum atomic E-state index is 6.45. The highest BCUT2D eigenvalue weighted by atomic mass is 16.3. The molecule has 5 rings (SSSR count). The first kappa shape index (κ1) is 19.2. The Morgan fingerprint density at radius 1 is 1.00 bits per heavy atom. The number of para-hydroxylation sites is 1. The molecule has 0 N–H and O–H groups in total. The maximum absolute atomic E-state index is 6.45. The van der Waals surface area contributed by atoms with Gasteiger partial charge in [0.25, 0.3) is 0 Å². The minimum atomic E-state index is 0.117. The number of fused-ring (bicyclic) bond motifs is 4. The van der Waals surface area contributed by atoms with E-state index < -0.39 is 0 Å². The molecule has 0 aliphatic heterocycles. The number of aryl methyl sites for hydroxylation is 2. The Balaban J connectivity index is 1.68. The number of anilines is 1. The predicted molar refractivity (Wildman–Crippen MR) is 128 cm³/mol. The normalized spacial score (nSPS) is 19.7. The lowest BCUT2D eigenvalue weighted by Gasteiger charge is -2.46. The van der Waals surface area contributed by atoms with E-state index in [4.69, 9.17) is 4.42 Å². The molecule has 1 aliphatic carbocycles. The van der Waals surface area contributed by atoms with Gasteiger partial charge in [-0.25, -0.2) is 0 Å². The molecule has 4 aromatic rings. The third kappa shape index (κ3) is 2.77. The maximum Gasteiger partial charge on any atom is 0.158 e. The first-order chi connectivity index (χ1) is 14.5. The molecule has 0 spiro atoms. The van der Waals surface area contributed by atoms with E-state index in [0.29, 0.717) is 6.04 Å². The summed E-state index contributed by atoms with van der Waals surface area (Å²) >= 11 is 0. The SMILES string of the molecule is CCN(c1c(C)ccc2c1oc1ccccc12)[C@@H](C)C1(C)CCCc2ccccc21. The fourth-order valence-electron chi connectivity index (χ4n) is 5.71. The number of hydrogen-bond acceptors (Lipinski definition) is 2. The van der Waals surface area contributed by atoms with Gasteiger partial charge in [0, 0.05) is 28.8 Å². The van der Waals surface area contributed by atoms with Crippen molar-refractivity contribution in [3.63, 3.8) is 0 Å². The number of furan rings is 1. The Morgan fingerprint density at radius 2 is 1.77 bits per heavy atom. The van der Waals surface area contributed by atoms with Crippen molar-refractivity contribution in [2.24, 2.45) is 0 Å². The smallest absolute Gasteiger partial charge is 0.158 e. The van der Waals surface area contributed by atoms with Crippen LogP contribution in [0.3, 0.4) is 0 Å². The molecular weight excluding hydrogens is 366 g/mol. The van der Waals surface area contributed by atoms with Crippen LogP contribution in [0.25, 0.3) is 21.9 Å². The van der Waals surface area contributed by atoms with E-state index in [2.05, 4.69) is 93.3 Å². The summed E-state index contributed by atoms with van der Waals surface area (Å²) in [7, 11) is 0. The summed E-state index contributed by atoms with van der Waals surface area (Å²) in [5, 5.41) is 2.41. The van der Waals surface area contributed by atoms with Gasteiger partial charge in [-0.05, 0) is 62.8 Å². The fraction of sp³-hybridized carbons (Fsp3) is 0.357. The van der Waals surface area contributed by atoms with Crippen LogP contribution in [0.4, 0.5) is 5.69 Å². The standard InChI is InChI=1S/C28H31NO/c1-5-29(20(3)28(4)18-10-12-21-11-6-8-14-24(21)28)26-19(2)16-17-23-22-13-7-9-15-25(22)30-27(23)26/h6-9,11,13-17,20H,5,10,12,18H2,1-4H3/t20-,28?/m0/s1. The minimum absolute atomic E-state index is 0.117. The fourth-order valence-corrected chi connectivity index (χ4v) is 5.71. The highest BCUT2D eigenvalue weighted by molar-refractivity contribution is 6.09. The Labute approximate surface area is 179 Å². The minimum Gasteiger partial charge on any atom is -0.454 e. The topological polar surface area (TPSA) is 16.4 Å². The van der Waals surface area contributed by atoms with Crippen LogP contribution in [0, 0.1) is 6.92 Å². The van der Waals surface area contributed by atoms with Gasteiger partial charge in [0.15, 0.2) is 5.58 Å². The third-order valence-electron chi connectivity index (χ3n) is 7.51. The summed E-state index contributed by atoms with van der Waals surface area (Å²) in [5.41, 5.74) is 7.69. The zero-order valence-corrected chi connectivity index (χ0v) is 18.5. The summed E-state index contributed by atoms with van der Waals surface area (Å²) in [4.78, 5) is 2.59. The van der Waals surface area contributed by atoms with Gasteiger partial charge in [0.2, 0.25) is 0 Å². The average molecular weight is 398 g/mol. The first-order valence-electron chi connectivity index (χ1n) is 11.3. The zero-order valence-electron chi connectivity index (χ0n) is 18.5. The Morgan fingerprint density at radius 3 is 2.60 bits per heavy atom. The van der Waals surface area contributed by atoms with Crippen LogP contribution in [-0.4, -0.2) is 12.6 Å². The van der Waals surface area contributed by atoms with Gasteiger partial charge in [-0.2, -0.15) is 0 Å². The summed E-state index contributed by atoms with van der Waals surface area (Å²) in [5.74, 6) is 0. The van der Waals surface area contributed by atoms with Crippen LogP contribution < -0.4 is 4.90 Å². The molecule has 1 aliphatic rings. The molecule has 1 heterocycles. The summed E-state index contributed by atoms with van der Waals surface area (Å²) < 4.78 is 6.45. The van der Waals surface area contributed by atoms with Crippen LogP contribution in [0.15, 0.2) is 65.1 Å². The molecule has 2 nitrogen and oxygen atoms in total. The largest absolute Gasteiger partial charge is 0.454 e. The molecule has 3 aromatic carbocycles. The highest BCUT2D eigenvalue weighted by Gasteiger charge is 2.40. The van der Waals surface area contributed by atoms with Crippen molar-refractivity contribution >= 4 is 27.6 Å².